The van der Waals surface area contributed by atoms with Crippen LogP contribution in [-0.2, 0) is 0 Å². The zero-order valence-electron chi connectivity index (χ0n) is 9.94. The molecule has 0 atom stereocenters. The first-order chi connectivity index (χ1) is 6.35. The third kappa shape index (κ3) is 8.54. The molecule has 0 heterocycles. The molecule has 0 aromatic rings. The third-order valence-electron chi connectivity index (χ3n) is 3.01. The minimum Gasteiger partial charge on any atom is -0.0680 e. The van der Waals surface area contributed by atoms with Crippen LogP contribution in [0.4, 0.5) is 0 Å². The van der Waals surface area contributed by atoms with Gasteiger partial charge in [0, 0.05) is 8.80 Å². The highest BCUT2D eigenvalue weighted by molar-refractivity contribution is 6.58. The van der Waals surface area contributed by atoms with Gasteiger partial charge >= 0.3 is 0 Å². The van der Waals surface area contributed by atoms with Crippen molar-refractivity contribution in [3.05, 3.63) is 0 Å². The Bertz CT molecular complexity index is 81.1. The molecule has 0 spiro atoms. The molecule has 0 radical (unpaired) electrons. The predicted octanol–water partition coefficient (Wildman–Crippen LogP) is 4.61. The van der Waals surface area contributed by atoms with Crippen LogP contribution in [0.3, 0.4) is 0 Å². The highest BCUT2D eigenvalue weighted by Crippen LogP contribution is 2.14. The molecule has 0 aliphatic carbocycles. The summed E-state index contributed by atoms with van der Waals surface area (Å²) in [5, 5.41) is 0. The summed E-state index contributed by atoms with van der Waals surface area (Å²) in [7, 11) is -0.276. The third-order valence-corrected chi connectivity index (χ3v) is 6.61. The van der Waals surface area contributed by atoms with E-state index in [1.54, 1.807) is 12.1 Å². The van der Waals surface area contributed by atoms with Crippen molar-refractivity contribution in [1.29, 1.82) is 0 Å². The van der Waals surface area contributed by atoms with Gasteiger partial charge < -0.3 is 0 Å². The molecule has 0 unspecified atom stereocenters. The predicted molar refractivity (Wildman–Crippen MR) is 66.3 cm³/mol. The maximum atomic E-state index is 2.41. The maximum absolute atomic E-state index is 2.41. The first kappa shape index (κ1) is 13.2. The van der Waals surface area contributed by atoms with Crippen molar-refractivity contribution in [3.8, 4) is 0 Å². The monoisotopic (exact) mass is 200 g/mol. The van der Waals surface area contributed by atoms with Gasteiger partial charge in [-0.3, -0.25) is 0 Å². The molecule has 0 bridgehead atoms. The fraction of sp³-hybridized carbons (Fsp3) is 1.00. The second kappa shape index (κ2) is 10.3. The van der Waals surface area contributed by atoms with Gasteiger partial charge in [-0.2, -0.15) is 0 Å². The molecule has 0 saturated carbocycles. The molecule has 0 fully saturated rings. The van der Waals surface area contributed by atoms with Gasteiger partial charge in [-0.25, -0.2) is 0 Å². The van der Waals surface area contributed by atoms with Gasteiger partial charge in [0.1, 0.15) is 0 Å². The molecule has 0 amide bonds. The Hall–Kier alpha value is 0.217. The smallest absolute Gasteiger partial charge is 0.0365 e. The van der Waals surface area contributed by atoms with Crippen molar-refractivity contribution < 1.29 is 0 Å². The second-order valence-electron chi connectivity index (χ2n) is 4.27. The lowest BCUT2D eigenvalue weighted by molar-refractivity contribution is 0.744. The summed E-state index contributed by atoms with van der Waals surface area (Å²) < 4.78 is 0. The standard InChI is InChI=1S/C12H28Si/c1-4-7-9-11-13(6-3)12-10-8-5-2/h13H,4-12H2,1-3H3. The molecule has 0 saturated heterocycles. The molecule has 80 valence electrons. The summed E-state index contributed by atoms with van der Waals surface area (Å²) in [5.41, 5.74) is 0. The van der Waals surface area contributed by atoms with Gasteiger partial charge in [0.15, 0.2) is 0 Å². The van der Waals surface area contributed by atoms with Gasteiger partial charge in [-0.1, -0.05) is 77.4 Å². The number of rotatable bonds is 9. The van der Waals surface area contributed by atoms with E-state index in [4.69, 9.17) is 0 Å². The Morgan fingerprint density at radius 2 is 1.15 bits per heavy atom. The van der Waals surface area contributed by atoms with Crippen LogP contribution < -0.4 is 0 Å². The molecule has 0 rings (SSSR count). The number of hydrogen-bond acceptors (Lipinski definition) is 0. The van der Waals surface area contributed by atoms with Crippen LogP contribution >= 0.6 is 0 Å². The fourth-order valence-electron chi connectivity index (χ4n) is 1.92. The first-order valence-corrected chi connectivity index (χ1v) is 8.80. The van der Waals surface area contributed by atoms with Crippen molar-refractivity contribution in [3.63, 3.8) is 0 Å². The van der Waals surface area contributed by atoms with E-state index in [0.29, 0.717) is 0 Å². The van der Waals surface area contributed by atoms with Crippen molar-refractivity contribution >= 4 is 8.80 Å². The van der Waals surface area contributed by atoms with Crippen LogP contribution in [0, 0.1) is 0 Å². The first-order valence-electron chi connectivity index (χ1n) is 6.35. The minimum absolute atomic E-state index is 0.276. The minimum atomic E-state index is -0.276. The van der Waals surface area contributed by atoms with Crippen molar-refractivity contribution in [2.24, 2.45) is 0 Å². The van der Waals surface area contributed by atoms with Crippen LogP contribution in [0.5, 0.6) is 0 Å². The zero-order chi connectivity index (χ0) is 9.94. The lowest BCUT2D eigenvalue weighted by Crippen LogP contribution is -2.09. The second-order valence-corrected chi connectivity index (χ2v) is 7.97. The van der Waals surface area contributed by atoms with Gasteiger partial charge in [0.2, 0.25) is 0 Å². The highest BCUT2D eigenvalue weighted by Gasteiger charge is 2.06. The van der Waals surface area contributed by atoms with Crippen LogP contribution in [0.1, 0.15) is 59.3 Å². The summed E-state index contributed by atoms with van der Waals surface area (Å²) in [5.74, 6) is 0. The van der Waals surface area contributed by atoms with E-state index in [-0.39, 0.29) is 8.80 Å². The molecule has 1 heteroatoms. The Kier molecular flexibility index (Phi) is 10.5. The highest BCUT2D eigenvalue weighted by atomic mass is 28.3. The summed E-state index contributed by atoms with van der Waals surface area (Å²) in [4.78, 5) is 0. The molecule has 0 aliphatic heterocycles. The van der Waals surface area contributed by atoms with Crippen LogP contribution in [0.2, 0.25) is 18.1 Å². The number of unbranched alkanes of at least 4 members (excludes halogenated alkanes) is 4. The zero-order valence-corrected chi connectivity index (χ0v) is 11.1. The van der Waals surface area contributed by atoms with E-state index >= 15 is 0 Å². The summed E-state index contributed by atoms with van der Waals surface area (Å²) in [6.07, 6.45) is 8.76. The molecular weight excluding hydrogens is 172 g/mol. The summed E-state index contributed by atoms with van der Waals surface area (Å²) in [6, 6.07) is 4.77. The van der Waals surface area contributed by atoms with Crippen LogP contribution in [0.15, 0.2) is 0 Å². The molecule has 0 N–H and O–H groups in total. The molecule has 13 heavy (non-hydrogen) atoms. The van der Waals surface area contributed by atoms with Gasteiger partial charge in [-0.15, -0.1) is 0 Å². The molecule has 0 aromatic heterocycles. The Balaban J connectivity index is 3.28. The lowest BCUT2D eigenvalue weighted by atomic mass is 10.3. The van der Waals surface area contributed by atoms with Crippen molar-refractivity contribution in [2.45, 2.75) is 77.4 Å². The molecule has 0 nitrogen and oxygen atoms in total. The van der Waals surface area contributed by atoms with Crippen molar-refractivity contribution in [1.82, 2.24) is 0 Å². The van der Waals surface area contributed by atoms with Gasteiger partial charge in [-0.05, 0) is 0 Å². The van der Waals surface area contributed by atoms with E-state index in [1.807, 2.05) is 0 Å². The van der Waals surface area contributed by atoms with E-state index in [2.05, 4.69) is 20.8 Å². The lowest BCUT2D eigenvalue weighted by Gasteiger charge is -2.12. The molecule has 0 aromatic carbocycles. The van der Waals surface area contributed by atoms with Crippen LogP contribution in [-0.4, -0.2) is 8.80 Å². The summed E-state index contributed by atoms with van der Waals surface area (Å²) in [6.45, 7) is 7.02. The normalized spacial score (nSPS) is 11.1. The molecular formula is C12H28Si. The van der Waals surface area contributed by atoms with Crippen LogP contribution in [0.25, 0.3) is 0 Å². The Morgan fingerprint density at radius 1 is 0.692 bits per heavy atom. The quantitative estimate of drug-likeness (QED) is 0.376. The van der Waals surface area contributed by atoms with Gasteiger partial charge in [0.05, 0.1) is 0 Å². The van der Waals surface area contributed by atoms with E-state index in [0.717, 1.165) is 0 Å². The fourth-order valence-corrected chi connectivity index (χ4v) is 4.76. The SMILES string of the molecule is CCCCC[SiH](CC)CCCCC. The Morgan fingerprint density at radius 3 is 1.46 bits per heavy atom. The average molecular weight is 200 g/mol. The topological polar surface area (TPSA) is 0 Å². The largest absolute Gasteiger partial charge is 0.0680 e. The average Bonchev–Trinajstić information content (AvgIpc) is 2.16. The Labute approximate surface area is 86.7 Å². The van der Waals surface area contributed by atoms with E-state index < -0.39 is 0 Å². The summed E-state index contributed by atoms with van der Waals surface area (Å²) >= 11 is 0. The van der Waals surface area contributed by atoms with Crippen molar-refractivity contribution in [2.75, 3.05) is 0 Å². The maximum Gasteiger partial charge on any atom is 0.0365 e. The van der Waals surface area contributed by atoms with Gasteiger partial charge in [0.25, 0.3) is 0 Å². The van der Waals surface area contributed by atoms with E-state index in [1.165, 1.54) is 44.6 Å². The molecule has 0 aliphatic rings. The van der Waals surface area contributed by atoms with E-state index in [9.17, 15) is 0 Å². The number of hydrogen-bond donors (Lipinski definition) is 0.